The van der Waals surface area contributed by atoms with E-state index in [1.54, 1.807) is 49.1 Å². The Balaban J connectivity index is 0.855. The van der Waals surface area contributed by atoms with Crippen molar-refractivity contribution in [3.8, 4) is 5.75 Å². The molecule has 0 aromatic heterocycles. The van der Waals surface area contributed by atoms with Crippen LogP contribution in [0.2, 0.25) is 0 Å². The molecule has 0 radical (unpaired) electrons. The molecule has 3 aromatic rings. The summed E-state index contributed by atoms with van der Waals surface area (Å²) >= 11 is 14.5. The van der Waals surface area contributed by atoms with Gasteiger partial charge in [-0.25, -0.2) is 4.57 Å². The molecule has 3 aromatic carbocycles. The van der Waals surface area contributed by atoms with Crippen molar-refractivity contribution in [1.82, 2.24) is 15.5 Å². The molecule has 18 nitrogen and oxygen atoms in total. The molecule has 1 saturated heterocycles. The van der Waals surface area contributed by atoms with Crippen LogP contribution in [0.1, 0.15) is 114 Å². The van der Waals surface area contributed by atoms with Crippen molar-refractivity contribution in [2.75, 3.05) is 52.8 Å². The van der Waals surface area contributed by atoms with Crippen LogP contribution in [0, 0.1) is 16.7 Å². The lowest BCUT2D eigenvalue weighted by molar-refractivity contribution is -0.205. The van der Waals surface area contributed by atoms with E-state index in [9.17, 15) is 47.9 Å². The van der Waals surface area contributed by atoms with Crippen LogP contribution in [0.4, 0.5) is 22.7 Å². The number of alkyl halides is 2. The van der Waals surface area contributed by atoms with Gasteiger partial charge in [-0.3, -0.25) is 53.2 Å². The zero-order valence-corrected chi connectivity index (χ0v) is 44.5. The third kappa shape index (κ3) is 9.56. The fourth-order valence-corrected chi connectivity index (χ4v) is 13.5. The van der Waals surface area contributed by atoms with Gasteiger partial charge in [0.1, 0.15) is 17.8 Å². The minimum atomic E-state index is -4.98. The number of hydrogen-bond donors (Lipinski definition) is 5. The maximum Gasteiger partial charge on any atom is 0.524 e. The van der Waals surface area contributed by atoms with Crippen LogP contribution in [0.5, 0.6) is 5.75 Å². The standard InChI is InChI=1S/C51H60Cl2N7O11PS/c1-26(2)43(57-38(61)13-7-6-10-14-58-39(62)17-37(73-5)47(58)65)46(64)55-28(4)45(63)56-33-15-34-41(32-12-9-8-11-31(32)33)29(18-52)21-59(34)48(66)50-23-51(24-50,25-50)49(67)60-22-30(19-53)42-35(60)16-36(71-72(68,69)70)44-40(42)27(3)20-54-44/h8-9,11-12,15-16,20,26-30,37,43H,6-7,10,13-14,17-19,21-25H2,1-5H3,(H,55,64)(H,56,63)(H,57,61)(H2,68,69,70)/t27?,28-,29+,30+,37?,43-,50?,51?/m0/s1. The fraction of sp³-hybridized carbons (Fsp3) is 0.529. The number of carbonyl (C=O) groups is 7. The quantitative estimate of drug-likeness (QED) is 0.0354. The number of anilines is 3. The first kappa shape index (κ1) is 52.8. The monoisotopic (exact) mass is 1080 g/mol. The molecule has 4 heterocycles. The van der Waals surface area contributed by atoms with Gasteiger partial charge in [-0.2, -0.15) is 11.8 Å². The van der Waals surface area contributed by atoms with Crippen LogP contribution in [0.15, 0.2) is 41.4 Å². The summed E-state index contributed by atoms with van der Waals surface area (Å²) in [5.74, 6) is -2.79. The summed E-state index contributed by atoms with van der Waals surface area (Å²) in [4.78, 5) is 123. The number of aliphatic imine (C=N–C) groups is 1. The lowest BCUT2D eigenvalue weighted by atomic mass is 9.34. The normalized spacial score (nSPS) is 25.3. The van der Waals surface area contributed by atoms with Gasteiger partial charge in [0.05, 0.1) is 27.5 Å². The van der Waals surface area contributed by atoms with Gasteiger partial charge >= 0.3 is 7.82 Å². The highest BCUT2D eigenvalue weighted by molar-refractivity contribution is 8.00. The first-order valence-corrected chi connectivity index (χ1v) is 28.6. The number of thioether (sulfide) groups is 1. The predicted octanol–water partition coefficient (Wildman–Crippen LogP) is 6.97. The molecule has 73 heavy (non-hydrogen) atoms. The molecule has 7 aliphatic rings. The first-order valence-electron chi connectivity index (χ1n) is 24.7. The molecule has 5 N–H and O–H groups in total. The van der Waals surface area contributed by atoms with Crippen molar-refractivity contribution < 1.29 is 52.4 Å². The van der Waals surface area contributed by atoms with E-state index in [0.29, 0.717) is 79.8 Å². The highest BCUT2D eigenvalue weighted by Gasteiger charge is 2.76. The third-order valence-corrected chi connectivity index (χ3v) is 17.7. The van der Waals surface area contributed by atoms with E-state index in [4.69, 9.17) is 27.7 Å². The molecule has 6 atom stereocenters. The van der Waals surface area contributed by atoms with Gasteiger partial charge < -0.3 is 30.3 Å². The van der Waals surface area contributed by atoms with Crippen molar-refractivity contribution in [2.45, 2.75) is 114 Å². The Morgan fingerprint density at radius 1 is 0.863 bits per heavy atom. The Morgan fingerprint density at radius 3 is 2.07 bits per heavy atom. The second-order valence-corrected chi connectivity index (χ2v) is 23.7. The average molecular weight is 1080 g/mol. The number of halogens is 2. The van der Waals surface area contributed by atoms with Crippen LogP contribution < -0.4 is 30.3 Å². The maximum absolute atomic E-state index is 14.9. The van der Waals surface area contributed by atoms with E-state index < -0.39 is 42.6 Å². The first-order chi connectivity index (χ1) is 34.6. The number of phosphoric ester groups is 1. The van der Waals surface area contributed by atoms with Crippen molar-refractivity contribution >= 4 is 124 Å². The lowest BCUT2D eigenvalue weighted by Crippen LogP contribution is -2.73. The van der Waals surface area contributed by atoms with E-state index in [1.165, 1.54) is 22.7 Å². The zero-order valence-electron chi connectivity index (χ0n) is 41.2. The fourth-order valence-electron chi connectivity index (χ4n) is 12.0. The molecule has 4 fully saturated rings. The number of nitrogens with one attached hydrogen (secondary N) is 3. The van der Waals surface area contributed by atoms with Gasteiger partial charge in [0, 0.05) is 85.3 Å². The molecule has 10 rings (SSSR count). The topological polar surface area (TPSA) is 244 Å². The van der Waals surface area contributed by atoms with Gasteiger partial charge in [-0.1, -0.05) is 51.5 Å². The van der Waals surface area contributed by atoms with Gasteiger partial charge in [0.25, 0.3) is 0 Å². The maximum atomic E-state index is 14.9. The average Bonchev–Trinajstić information content (AvgIpc) is 4.07. The molecular formula is C51H60Cl2N7O11PS. The summed E-state index contributed by atoms with van der Waals surface area (Å²) < 4.78 is 17.1. The molecule has 22 heteroatoms. The summed E-state index contributed by atoms with van der Waals surface area (Å²) in [5.41, 5.74) is 2.54. The number of fused-ring (bicyclic) bond motifs is 6. The summed E-state index contributed by atoms with van der Waals surface area (Å²) in [6.45, 7) is 7.89. The highest BCUT2D eigenvalue weighted by Crippen LogP contribution is 2.75. The van der Waals surface area contributed by atoms with Crippen LogP contribution in [-0.2, 0) is 38.1 Å². The summed E-state index contributed by atoms with van der Waals surface area (Å²) in [5, 5.41) is 9.75. The van der Waals surface area contributed by atoms with Crippen molar-refractivity contribution in [3.63, 3.8) is 0 Å². The van der Waals surface area contributed by atoms with E-state index >= 15 is 0 Å². The molecule has 2 bridgehead atoms. The number of hydrogen-bond acceptors (Lipinski definition) is 11. The largest absolute Gasteiger partial charge is 0.524 e. The van der Waals surface area contributed by atoms with Crippen molar-refractivity contribution in [1.29, 1.82) is 0 Å². The third-order valence-electron chi connectivity index (χ3n) is 15.5. The Morgan fingerprint density at radius 2 is 1.48 bits per heavy atom. The molecule has 390 valence electrons. The van der Waals surface area contributed by atoms with E-state index in [-0.39, 0.29) is 95.4 Å². The molecule has 4 aliphatic heterocycles. The minimum Gasteiger partial charge on any atom is -0.402 e. The number of benzene rings is 3. The second kappa shape index (κ2) is 20.2. The molecule has 3 saturated carbocycles. The Kier molecular flexibility index (Phi) is 14.6. The van der Waals surface area contributed by atoms with Gasteiger partial charge in [0.15, 0.2) is 5.75 Å². The SMILES string of the molecule is CSC1CC(=O)N(CCCCCC(=O)N[C@H](C(=O)N[C@@H](C)C(=O)Nc2cc3c(c4ccccc24)[C@H](CCl)CN3C(=O)C23CC(C(=O)N4C[C@@H](CCl)c5c4cc(OP(=O)(O)O)c4c5C(C)C=N4)(C2)C3)C(C)C)C1=O. The Labute approximate surface area is 437 Å². The van der Waals surface area contributed by atoms with Gasteiger partial charge in [-0.05, 0) is 79.3 Å². The number of amides is 7. The van der Waals surface area contributed by atoms with E-state index in [2.05, 4.69) is 20.9 Å². The van der Waals surface area contributed by atoms with Crippen LogP contribution in [0.25, 0.3) is 10.8 Å². The molecule has 2 unspecified atom stereocenters. The Hall–Kier alpha value is -5.04. The number of imide groups is 1. The molecular weight excluding hydrogens is 1020 g/mol. The number of likely N-dealkylation sites (tertiary alicyclic amines) is 1. The molecule has 0 spiro atoms. The number of phosphoric acid groups is 1. The minimum absolute atomic E-state index is 0.122. The number of nitrogens with zero attached hydrogens (tertiary/aromatic N) is 4. The molecule has 7 amide bonds. The Bertz CT molecular complexity index is 2890. The number of rotatable bonds is 19. The summed E-state index contributed by atoms with van der Waals surface area (Å²) in [6.07, 6.45) is 6.41. The van der Waals surface area contributed by atoms with Crippen molar-refractivity contribution in [2.24, 2.45) is 21.7 Å². The van der Waals surface area contributed by atoms with E-state index in [0.717, 1.165) is 22.1 Å². The summed E-state index contributed by atoms with van der Waals surface area (Å²) in [7, 11) is -4.98. The highest BCUT2D eigenvalue weighted by atomic mass is 35.5. The van der Waals surface area contributed by atoms with Gasteiger partial charge in [0.2, 0.25) is 41.4 Å². The lowest BCUT2D eigenvalue weighted by Gasteiger charge is -2.69. The van der Waals surface area contributed by atoms with Crippen LogP contribution >= 0.6 is 42.8 Å². The zero-order chi connectivity index (χ0) is 52.5. The smallest absolute Gasteiger partial charge is 0.402 e. The van der Waals surface area contributed by atoms with Gasteiger partial charge in [-0.15, -0.1) is 23.2 Å². The van der Waals surface area contributed by atoms with E-state index in [1.807, 2.05) is 31.2 Å². The summed E-state index contributed by atoms with van der Waals surface area (Å²) in [6, 6.07) is 8.77. The van der Waals surface area contributed by atoms with Crippen LogP contribution in [0.3, 0.4) is 0 Å². The predicted molar refractivity (Wildman–Crippen MR) is 280 cm³/mol. The molecule has 3 aliphatic carbocycles. The second-order valence-electron chi connectivity index (χ2n) is 20.9. The van der Waals surface area contributed by atoms with Crippen molar-refractivity contribution in [3.05, 3.63) is 53.1 Å². The van der Waals surface area contributed by atoms with Crippen LogP contribution in [-0.4, -0.2) is 117 Å². The number of carbonyl (C=O) groups excluding carboxylic acids is 7. The number of unbranched alkanes of at least 4 members (excludes halogenated alkanes) is 2.